The maximum atomic E-state index is 14.5. The van der Waals surface area contributed by atoms with Gasteiger partial charge in [0.1, 0.15) is 5.60 Å². The Morgan fingerprint density at radius 1 is 1.24 bits per heavy atom. The fourth-order valence-corrected chi connectivity index (χ4v) is 2.90. The quantitative estimate of drug-likeness (QED) is 0.507. The normalized spacial score (nSPS) is 19.1. The van der Waals surface area contributed by atoms with Crippen molar-refractivity contribution in [3.63, 3.8) is 0 Å². The Bertz CT molecular complexity index is 616. The second-order valence-corrected chi connectivity index (χ2v) is 8.20. The number of rotatable bonds is 7. The van der Waals surface area contributed by atoms with Gasteiger partial charge in [-0.3, -0.25) is 9.59 Å². The van der Waals surface area contributed by atoms with Crippen LogP contribution in [0.4, 0.5) is 13.6 Å². The first kappa shape index (κ1) is 24.8. The SMILES string of the molecule is C=C(CCOC(C)=O)C(=O)NCCC1CCN(C(=O)OC(C)(C)C)CCC1(F)F. The van der Waals surface area contributed by atoms with Crippen LogP contribution in [0.3, 0.4) is 0 Å². The zero-order chi connectivity index (χ0) is 22.2. The second kappa shape index (κ2) is 10.5. The van der Waals surface area contributed by atoms with Gasteiger partial charge in [-0.25, -0.2) is 13.6 Å². The summed E-state index contributed by atoms with van der Waals surface area (Å²) in [5, 5.41) is 2.57. The van der Waals surface area contributed by atoms with E-state index in [9.17, 15) is 23.2 Å². The van der Waals surface area contributed by atoms with Crippen molar-refractivity contribution in [2.75, 3.05) is 26.2 Å². The lowest BCUT2D eigenvalue weighted by atomic mass is 9.93. The Morgan fingerprint density at radius 3 is 2.48 bits per heavy atom. The summed E-state index contributed by atoms with van der Waals surface area (Å²) in [7, 11) is 0. The van der Waals surface area contributed by atoms with Crippen LogP contribution in [0, 0.1) is 5.92 Å². The van der Waals surface area contributed by atoms with E-state index in [4.69, 9.17) is 9.47 Å². The highest BCUT2D eigenvalue weighted by Crippen LogP contribution is 2.36. The molecule has 1 saturated heterocycles. The number of carbonyl (C=O) groups is 3. The fourth-order valence-electron chi connectivity index (χ4n) is 2.90. The van der Waals surface area contributed by atoms with Gasteiger partial charge >= 0.3 is 12.1 Å². The largest absolute Gasteiger partial charge is 0.466 e. The van der Waals surface area contributed by atoms with Gasteiger partial charge in [0, 0.05) is 50.9 Å². The summed E-state index contributed by atoms with van der Waals surface area (Å²) in [5.74, 6) is -4.79. The number of alkyl halides is 2. The molecule has 9 heteroatoms. The minimum Gasteiger partial charge on any atom is -0.466 e. The van der Waals surface area contributed by atoms with Crippen molar-refractivity contribution in [2.45, 2.75) is 64.9 Å². The number of halogens is 2. The summed E-state index contributed by atoms with van der Waals surface area (Å²) in [6.45, 7) is 10.3. The van der Waals surface area contributed by atoms with Crippen LogP contribution >= 0.6 is 0 Å². The van der Waals surface area contributed by atoms with E-state index in [1.54, 1.807) is 20.8 Å². The first-order valence-electron chi connectivity index (χ1n) is 9.77. The molecular formula is C20H32F2N2O5. The molecule has 0 aliphatic carbocycles. The average molecular weight is 418 g/mol. The summed E-state index contributed by atoms with van der Waals surface area (Å²) in [6, 6.07) is 0. The van der Waals surface area contributed by atoms with Crippen LogP contribution in [-0.2, 0) is 19.1 Å². The number of nitrogens with one attached hydrogen (secondary N) is 1. The Hall–Kier alpha value is -2.19. The van der Waals surface area contributed by atoms with Gasteiger partial charge < -0.3 is 19.7 Å². The zero-order valence-electron chi connectivity index (χ0n) is 17.7. The van der Waals surface area contributed by atoms with Crippen LogP contribution in [-0.4, -0.2) is 60.6 Å². The van der Waals surface area contributed by atoms with Gasteiger partial charge in [0.2, 0.25) is 5.91 Å². The lowest BCUT2D eigenvalue weighted by Gasteiger charge is -2.26. The topological polar surface area (TPSA) is 84.9 Å². The van der Waals surface area contributed by atoms with Gasteiger partial charge in [0.15, 0.2) is 0 Å². The Balaban J connectivity index is 2.49. The molecule has 1 atom stereocenters. The Labute approximate surface area is 170 Å². The molecule has 166 valence electrons. The summed E-state index contributed by atoms with van der Waals surface area (Å²) in [4.78, 5) is 36.1. The molecule has 1 fully saturated rings. The van der Waals surface area contributed by atoms with E-state index < -0.39 is 41.8 Å². The van der Waals surface area contributed by atoms with Crippen LogP contribution < -0.4 is 5.32 Å². The molecule has 1 aliphatic heterocycles. The van der Waals surface area contributed by atoms with Crippen molar-refractivity contribution in [3.05, 3.63) is 12.2 Å². The summed E-state index contributed by atoms with van der Waals surface area (Å²) in [5.41, 5.74) is -0.469. The molecule has 1 rings (SSSR count). The molecule has 0 aromatic rings. The first-order valence-corrected chi connectivity index (χ1v) is 9.77. The Kier molecular flexibility index (Phi) is 9.04. The standard InChI is InChI=1S/C20H32F2N2O5/c1-14(8-13-28-15(2)25)17(26)23-10-6-16-7-11-24(12-9-20(16,21)22)18(27)29-19(3,4)5/h16H,1,6-13H2,2-5H3,(H,23,26). The van der Waals surface area contributed by atoms with Crippen molar-refractivity contribution in [1.29, 1.82) is 0 Å². The van der Waals surface area contributed by atoms with Crippen LogP contribution in [0.5, 0.6) is 0 Å². The molecule has 1 heterocycles. The van der Waals surface area contributed by atoms with Gasteiger partial charge in [-0.1, -0.05) is 6.58 Å². The van der Waals surface area contributed by atoms with E-state index in [-0.39, 0.29) is 51.1 Å². The molecule has 0 aromatic heterocycles. The van der Waals surface area contributed by atoms with Gasteiger partial charge in [0.25, 0.3) is 5.92 Å². The number of nitrogens with zero attached hydrogens (tertiary/aromatic N) is 1. The lowest BCUT2D eigenvalue weighted by molar-refractivity contribution is -0.141. The molecule has 2 amide bonds. The molecule has 0 radical (unpaired) electrons. The minimum atomic E-state index is -2.94. The van der Waals surface area contributed by atoms with Crippen molar-refractivity contribution < 1.29 is 32.6 Å². The molecule has 1 N–H and O–H groups in total. The molecule has 1 aliphatic rings. The van der Waals surface area contributed by atoms with Crippen LogP contribution in [0.25, 0.3) is 0 Å². The van der Waals surface area contributed by atoms with E-state index in [2.05, 4.69) is 11.9 Å². The van der Waals surface area contributed by atoms with Crippen molar-refractivity contribution in [2.24, 2.45) is 5.92 Å². The third-order valence-corrected chi connectivity index (χ3v) is 4.52. The van der Waals surface area contributed by atoms with Crippen molar-refractivity contribution in [1.82, 2.24) is 10.2 Å². The molecule has 7 nitrogen and oxygen atoms in total. The highest BCUT2D eigenvalue weighted by Gasteiger charge is 2.42. The summed E-state index contributed by atoms with van der Waals surface area (Å²) < 4.78 is 39.0. The smallest absolute Gasteiger partial charge is 0.410 e. The number of ether oxygens (including phenoxy) is 2. The molecule has 0 aromatic carbocycles. The van der Waals surface area contributed by atoms with E-state index in [1.165, 1.54) is 11.8 Å². The highest BCUT2D eigenvalue weighted by molar-refractivity contribution is 5.92. The first-order chi connectivity index (χ1) is 13.3. The van der Waals surface area contributed by atoms with Crippen molar-refractivity contribution >= 4 is 18.0 Å². The van der Waals surface area contributed by atoms with E-state index in [0.717, 1.165) is 0 Å². The molecular weight excluding hydrogens is 386 g/mol. The van der Waals surface area contributed by atoms with Crippen LogP contribution in [0.1, 0.15) is 53.4 Å². The van der Waals surface area contributed by atoms with E-state index in [1.807, 2.05) is 0 Å². The Morgan fingerprint density at radius 2 is 1.90 bits per heavy atom. The highest BCUT2D eigenvalue weighted by atomic mass is 19.3. The summed E-state index contributed by atoms with van der Waals surface area (Å²) in [6.07, 6.45) is -0.657. The number of esters is 1. The zero-order valence-corrected chi connectivity index (χ0v) is 17.7. The maximum Gasteiger partial charge on any atom is 0.410 e. The minimum absolute atomic E-state index is 0.0444. The number of amides is 2. The van der Waals surface area contributed by atoms with Crippen LogP contribution in [0.15, 0.2) is 12.2 Å². The van der Waals surface area contributed by atoms with Gasteiger partial charge in [-0.15, -0.1) is 0 Å². The summed E-state index contributed by atoms with van der Waals surface area (Å²) >= 11 is 0. The molecule has 0 bridgehead atoms. The van der Waals surface area contributed by atoms with Crippen LogP contribution in [0.2, 0.25) is 0 Å². The van der Waals surface area contributed by atoms with Crippen molar-refractivity contribution in [3.8, 4) is 0 Å². The molecule has 0 saturated carbocycles. The lowest BCUT2D eigenvalue weighted by Crippen LogP contribution is -2.37. The van der Waals surface area contributed by atoms with E-state index >= 15 is 0 Å². The molecule has 1 unspecified atom stereocenters. The fraction of sp³-hybridized carbons (Fsp3) is 0.750. The van der Waals surface area contributed by atoms with Gasteiger partial charge in [-0.2, -0.15) is 0 Å². The van der Waals surface area contributed by atoms with Gasteiger partial charge in [-0.05, 0) is 33.6 Å². The number of hydrogen-bond donors (Lipinski definition) is 1. The third kappa shape index (κ3) is 9.23. The third-order valence-electron chi connectivity index (χ3n) is 4.52. The number of carbonyl (C=O) groups excluding carboxylic acids is 3. The van der Waals surface area contributed by atoms with E-state index in [0.29, 0.717) is 0 Å². The predicted octanol–water partition coefficient (Wildman–Crippen LogP) is 3.28. The van der Waals surface area contributed by atoms with Gasteiger partial charge in [0.05, 0.1) is 6.61 Å². The average Bonchev–Trinajstić information content (AvgIpc) is 2.71. The maximum absolute atomic E-state index is 14.5. The number of hydrogen-bond acceptors (Lipinski definition) is 5. The number of likely N-dealkylation sites (tertiary alicyclic amines) is 1. The monoisotopic (exact) mass is 418 g/mol. The molecule has 0 spiro atoms. The predicted molar refractivity (Wildman–Crippen MR) is 103 cm³/mol. The second-order valence-electron chi connectivity index (χ2n) is 8.20. The molecule has 29 heavy (non-hydrogen) atoms.